The normalized spacial score (nSPS) is 15.8. The molecule has 592 valence electrons. The summed E-state index contributed by atoms with van der Waals surface area (Å²) in [6.45, 7) is 27.3. The van der Waals surface area contributed by atoms with Crippen LogP contribution in [0.4, 0.5) is 0 Å². The average molecular weight is 1560 g/mol. The highest BCUT2D eigenvalue weighted by Gasteiger charge is 2.45. The second kappa shape index (κ2) is 31.6. The number of hydrogen-bond donors (Lipinski definition) is 0. The Morgan fingerprint density at radius 1 is 0.321 bits per heavy atom. The number of amides is 6. The van der Waals surface area contributed by atoms with E-state index in [0.717, 1.165) is 32.1 Å². The number of benzene rings is 9. The molecule has 0 saturated carbocycles. The molecule has 9 aromatic carbocycles. The van der Waals surface area contributed by atoms with Crippen LogP contribution in [0, 0.1) is 0 Å². The van der Waals surface area contributed by atoms with Crippen LogP contribution in [0.3, 0.4) is 0 Å². The van der Waals surface area contributed by atoms with E-state index in [1.165, 1.54) is 42.7 Å². The van der Waals surface area contributed by atoms with E-state index in [0.29, 0.717) is 81.5 Å². The number of carbonyl (C=O) groups is 6. The monoisotopic (exact) mass is 1560 g/mol. The molecule has 0 N–H and O–H groups in total. The summed E-state index contributed by atoms with van der Waals surface area (Å²) in [5.41, 5.74) is 3.18. The Labute approximate surface area is 656 Å². The summed E-state index contributed by atoms with van der Waals surface area (Å²) >= 11 is 0. The van der Waals surface area contributed by atoms with Crippen LogP contribution in [0.1, 0.15) is 147 Å². The minimum absolute atomic E-state index is 0.0354. The van der Waals surface area contributed by atoms with Crippen molar-refractivity contribution in [1.82, 2.24) is 29.4 Å². The second-order valence-electron chi connectivity index (χ2n) is 33.1. The summed E-state index contributed by atoms with van der Waals surface area (Å²) in [6.07, 6.45) is 0.221. The van der Waals surface area contributed by atoms with Gasteiger partial charge in [-0.2, -0.15) is 0 Å². The molecule has 2 saturated heterocycles. The van der Waals surface area contributed by atoms with E-state index in [2.05, 4.69) is 83.1 Å². The largest absolute Gasteiger partial charge is 0.527 e. The number of imide groups is 2. The van der Waals surface area contributed by atoms with E-state index >= 15 is 19.2 Å². The highest BCUT2D eigenvalue weighted by Crippen LogP contribution is 2.58. The van der Waals surface area contributed by atoms with Crippen LogP contribution in [-0.4, -0.2) is 216 Å². The Bertz CT molecular complexity index is 4490. The van der Waals surface area contributed by atoms with Gasteiger partial charge < -0.3 is 64.8 Å². The maximum absolute atomic E-state index is 16.1. The van der Waals surface area contributed by atoms with Gasteiger partial charge in [-0.25, -0.2) is 0 Å². The average Bonchev–Trinajstić information content (AvgIpc) is 0.671. The number of hydrogen-bond acceptors (Lipinski definition) is 20. The van der Waals surface area contributed by atoms with E-state index in [-0.39, 0.29) is 130 Å². The van der Waals surface area contributed by atoms with Crippen molar-refractivity contribution in [3.8, 4) is 46.0 Å². The molecule has 0 aromatic heterocycles. The summed E-state index contributed by atoms with van der Waals surface area (Å²) in [5, 5.41) is 2.29. The van der Waals surface area contributed by atoms with Crippen molar-refractivity contribution in [1.29, 1.82) is 0 Å². The zero-order chi connectivity index (χ0) is 80.3. The molecule has 2 fully saturated rings. The van der Waals surface area contributed by atoms with Crippen molar-refractivity contribution in [3.05, 3.63) is 166 Å². The molecule has 0 spiro atoms. The van der Waals surface area contributed by atoms with Gasteiger partial charge in [-0.1, -0.05) is 132 Å². The first-order valence-corrected chi connectivity index (χ1v) is 41.7. The SMILES string of the molecule is CO[Si](COCN1CCN(C(=O)CN2C(=O)c3cc(Oc4ccc(C(C)(C)C)cc4)c4c5c(Oc6ccc(C(C)(C)C)cc6)cc6c7c(cc(Oc8ccc(C(C)(C)C)cc8)c(c8c(Oc9ccc(C(C)(C)C)cc9)cc(c3c48)C2=O)c75)C(=O)N(CC(=O)N2CCN(COC[Si](OC)(OC)OC)CC2)C6=O)CC1)(OC)OC. The molecule has 13 rings (SSSR count). The lowest BCUT2D eigenvalue weighted by Crippen LogP contribution is -2.54. The van der Waals surface area contributed by atoms with Gasteiger partial charge in [0.05, 0.1) is 35.7 Å². The van der Waals surface area contributed by atoms with Gasteiger partial charge in [-0.3, -0.25) is 48.4 Å². The van der Waals surface area contributed by atoms with Gasteiger partial charge in [-0.05, 0) is 117 Å². The van der Waals surface area contributed by atoms with E-state index in [4.69, 9.17) is 55.0 Å². The number of piperazine rings is 2. The predicted octanol–water partition coefficient (Wildman–Crippen LogP) is 14.4. The first kappa shape index (κ1) is 80.8. The number of nitrogens with zero attached hydrogens (tertiary/aromatic N) is 6. The van der Waals surface area contributed by atoms with Gasteiger partial charge in [0.25, 0.3) is 23.6 Å². The maximum Gasteiger partial charge on any atom is 0.527 e. The minimum atomic E-state index is -3.04. The standard InChI is InChI=1S/C86H102N6O18Si2/c1-83(2,3)53-19-27-57(28-20-53)107-65-43-61-71-62(80(96)91(79(61)95)47-69(93)89-39-35-87(36-40-89)49-105-51-111(99-13,100-14)101-15)45-67(109-59-31-23-55(24-32-59)85(7,8)9)75-76-68(110-60-33-25-56(26-34-60)86(10,11)12)46-64-72-63(44-66(74(78(72)76)73(65)77(71)75)108-58-29-21-54(22-30-58)84(4,5)6)81(97)92(82(64)98)48-70(94)90-41-37-88(38-42-90)50-106-52-112(102-16,103-17)104-18/h19-34,43-46H,35-42,47-52H2,1-18H3. The Morgan fingerprint density at radius 3 is 0.750 bits per heavy atom. The number of fused-ring (bicyclic) bond motifs is 2. The van der Waals surface area contributed by atoms with E-state index in [9.17, 15) is 9.59 Å². The smallest absolute Gasteiger partial charge is 0.457 e. The first-order valence-electron chi connectivity index (χ1n) is 37.8. The molecule has 6 amide bonds. The number of carbonyl (C=O) groups excluding carboxylic acids is 6. The summed E-state index contributed by atoms with van der Waals surface area (Å²) in [5.74, 6) is -2.02. The van der Waals surface area contributed by atoms with Crippen LogP contribution < -0.4 is 18.9 Å². The van der Waals surface area contributed by atoms with Crippen molar-refractivity contribution < 1.29 is 83.7 Å². The summed E-state index contributed by atoms with van der Waals surface area (Å²) in [6, 6.07) is 37.1. The molecule has 4 aliphatic heterocycles. The molecule has 9 aromatic rings. The van der Waals surface area contributed by atoms with Gasteiger partial charge >= 0.3 is 17.6 Å². The van der Waals surface area contributed by atoms with Gasteiger partial charge in [0.2, 0.25) is 11.8 Å². The molecular weight excluding hydrogens is 1460 g/mol. The Hall–Kier alpha value is -9.27. The molecule has 0 radical (unpaired) electrons. The number of ether oxygens (including phenoxy) is 6. The Morgan fingerprint density at radius 2 is 0.545 bits per heavy atom. The molecule has 0 unspecified atom stereocenters. The third kappa shape index (κ3) is 15.9. The molecule has 112 heavy (non-hydrogen) atoms. The summed E-state index contributed by atoms with van der Waals surface area (Å²) in [4.78, 5) is 104. The fourth-order valence-electron chi connectivity index (χ4n) is 15.0. The van der Waals surface area contributed by atoms with Gasteiger partial charge in [-0.15, -0.1) is 0 Å². The Balaban J connectivity index is 1.04. The third-order valence-electron chi connectivity index (χ3n) is 21.9. The summed E-state index contributed by atoms with van der Waals surface area (Å²) in [7, 11) is 3.02. The van der Waals surface area contributed by atoms with Crippen LogP contribution in [0.15, 0.2) is 121 Å². The molecule has 4 aliphatic rings. The molecule has 26 heteroatoms. The van der Waals surface area contributed by atoms with Crippen molar-refractivity contribution in [2.45, 2.75) is 105 Å². The van der Waals surface area contributed by atoms with E-state index < -0.39 is 66.1 Å². The van der Waals surface area contributed by atoms with Crippen LogP contribution in [-0.2, 0) is 67.3 Å². The lowest BCUT2D eigenvalue weighted by Gasteiger charge is -2.36. The Kier molecular flexibility index (Phi) is 22.8. The topological polar surface area (TPSA) is 233 Å². The minimum Gasteiger partial charge on any atom is -0.457 e. The van der Waals surface area contributed by atoms with Crippen LogP contribution in [0.5, 0.6) is 46.0 Å². The van der Waals surface area contributed by atoms with Gasteiger partial charge in [0, 0.05) is 138 Å². The second-order valence-corrected chi connectivity index (χ2v) is 38.9. The van der Waals surface area contributed by atoms with E-state index in [1.54, 1.807) is 34.1 Å². The highest BCUT2D eigenvalue weighted by molar-refractivity contribution is 6.60. The van der Waals surface area contributed by atoms with Gasteiger partial charge in [0.1, 0.15) is 71.5 Å². The van der Waals surface area contributed by atoms with Crippen LogP contribution in [0.25, 0.3) is 43.1 Å². The van der Waals surface area contributed by atoms with E-state index in [1.807, 2.05) is 107 Å². The van der Waals surface area contributed by atoms with Crippen molar-refractivity contribution in [2.75, 3.05) is 134 Å². The van der Waals surface area contributed by atoms with Crippen molar-refractivity contribution in [3.63, 3.8) is 0 Å². The zero-order valence-corrected chi connectivity index (χ0v) is 69.5. The van der Waals surface area contributed by atoms with Crippen molar-refractivity contribution in [2.24, 2.45) is 0 Å². The number of rotatable bonds is 26. The third-order valence-corrected chi connectivity index (χ3v) is 26.7. The highest BCUT2D eigenvalue weighted by atomic mass is 28.4. The first-order chi connectivity index (χ1) is 53.1. The predicted molar refractivity (Wildman–Crippen MR) is 431 cm³/mol. The summed E-state index contributed by atoms with van der Waals surface area (Å²) < 4.78 is 74.6. The van der Waals surface area contributed by atoms with Crippen LogP contribution >= 0.6 is 0 Å². The lowest BCUT2D eigenvalue weighted by molar-refractivity contribution is -0.134. The molecule has 24 nitrogen and oxygen atoms in total. The molecular formula is C86H102N6O18Si2. The molecule has 0 atom stereocenters. The molecule has 0 bridgehead atoms. The molecule has 0 aliphatic carbocycles. The van der Waals surface area contributed by atoms with Gasteiger partial charge in [0.15, 0.2) is 0 Å². The maximum atomic E-state index is 16.1. The zero-order valence-electron chi connectivity index (χ0n) is 67.5. The quantitative estimate of drug-likeness (QED) is 0.0212. The lowest BCUT2D eigenvalue weighted by atomic mass is 9.80. The fraction of sp³-hybridized carbons (Fsp3) is 0.419. The molecule has 4 heterocycles. The van der Waals surface area contributed by atoms with Crippen LogP contribution in [0.2, 0.25) is 0 Å². The fourth-order valence-corrected chi connectivity index (χ4v) is 17.4. The van der Waals surface area contributed by atoms with Crippen molar-refractivity contribution >= 4 is 96.1 Å².